The summed E-state index contributed by atoms with van der Waals surface area (Å²) < 4.78 is 6.12. The molecule has 2 aromatic heterocycles. The van der Waals surface area contributed by atoms with E-state index >= 15 is 0 Å². The molecule has 10 heteroatoms. The van der Waals surface area contributed by atoms with E-state index in [1.165, 1.54) is 0 Å². The first-order chi connectivity index (χ1) is 18.4. The molecule has 0 radical (unpaired) electrons. The molecule has 0 saturated carbocycles. The maximum atomic E-state index is 12.9. The minimum absolute atomic E-state index is 0.243. The van der Waals surface area contributed by atoms with Gasteiger partial charge in [0.25, 0.3) is 5.56 Å². The Morgan fingerprint density at radius 2 is 2.00 bits per heavy atom. The molecule has 0 aliphatic carbocycles. The third-order valence-electron chi connectivity index (χ3n) is 7.03. The molecule has 1 unspecified atom stereocenters. The van der Waals surface area contributed by atoms with Gasteiger partial charge in [0.05, 0.1) is 29.4 Å². The molecule has 3 heterocycles. The van der Waals surface area contributed by atoms with Crippen LogP contribution in [0.2, 0.25) is 0 Å². The molecular formula is C28H33BrN6O3. The Kier molecular flexibility index (Phi) is 8.13. The first-order valence-corrected chi connectivity index (χ1v) is 13.6. The quantitative estimate of drug-likeness (QED) is 0.238. The summed E-state index contributed by atoms with van der Waals surface area (Å²) in [6.45, 7) is 7.88. The van der Waals surface area contributed by atoms with E-state index in [0.717, 1.165) is 71.7 Å². The predicted octanol–water partition coefficient (Wildman–Crippen LogP) is 3.90. The number of aryl methyl sites for hydroxylation is 1. The SMILES string of the molecule is COCCN1CCN(c2cc(C)c3nc(-c4c(NCC(O)c5cccc(Br)c5)cc[nH]c4=O)[nH]c3c2)CC1. The number of halogens is 1. The van der Waals surface area contributed by atoms with Crippen molar-refractivity contribution in [1.82, 2.24) is 19.9 Å². The summed E-state index contributed by atoms with van der Waals surface area (Å²) >= 11 is 3.44. The van der Waals surface area contributed by atoms with Gasteiger partial charge in [0.1, 0.15) is 11.4 Å². The van der Waals surface area contributed by atoms with E-state index in [2.05, 4.69) is 53.1 Å². The number of nitrogens with one attached hydrogen (secondary N) is 3. The van der Waals surface area contributed by atoms with Crippen molar-refractivity contribution in [3.63, 3.8) is 0 Å². The Bertz CT molecular complexity index is 1460. The molecule has 1 fully saturated rings. The van der Waals surface area contributed by atoms with Crippen LogP contribution in [0.4, 0.5) is 11.4 Å². The van der Waals surface area contributed by atoms with E-state index < -0.39 is 6.10 Å². The van der Waals surface area contributed by atoms with E-state index in [-0.39, 0.29) is 12.1 Å². The number of nitrogens with zero attached hydrogens (tertiary/aromatic N) is 3. The molecule has 2 aromatic carbocycles. The standard InChI is InChI=1S/C28H33BrN6O3/c1-18-14-21(35-10-8-34(9-11-35)12-13-38-2)16-23-26(18)33-27(32-23)25-22(6-7-30-28(25)37)31-17-24(36)19-4-3-5-20(29)15-19/h3-7,14-16,24,36H,8-13,17H2,1-2H3,(H,32,33)(H2,30,31,37). The molecular weight excluding hydrogens is 548 g/mol. The zero-order valence-electron chi connectivity index (χ0n) is 21.6. The zero-order chi connectivity index (χ0) is 26.6. The lowest BCUT2D eigenvalue weighted by molar-refractivity contribution is 0.144. The fraction of sp³-hybridized carbons (Fsp3) is 0.357. The number of piperazine rings is 1. The Morgan fingerprint density at radius 3 is 2.76 bits per heavy atom. The smallest absolute Gasteiger partial charge is 0.261 e. The number of pyridine rings is 1. The Balaban J connectivity index is 1.38. The number of methoxy groups -OCH3 is 1. The molecule has 1 aliphatic rings. The lowest BCUT2D eigenvalue weighted by Gasteiger charge is -2.36. The number of rotatable bonds is 9. The van der Waals surface area contributed by atoms with Crippen molar-refractivity contribution < 1.29 is 9.84 Å². The minimum atomic E-state index is -0.741. The zero-order valence-corrected chi connectivity index (χ0v) is 23.2. The van der Waals surface area contributed by atoms with Crippen molar-refractivity contribution in [3.05, 3.63) is 74.6 Å². The fourth-order valence-corrected chi connectivity index (χ4v) is 5.34. The van der Waals surface area contributed by atoms with Crippen LogP contribution in [0.25, 0.3) is 22.4 Å². The summed E-state index contributed by atoms with van der Waals surface area (Å²) in [5, 5.41) is 13.9. The molecule has 38 heavy (non-hydrogen) atoms. The topological polar surface area (TPSA) is 110 Å². The van der Waals surface area contributed by atoms with Gasteiger partial charge in [-0.25, -0.2) is 4.98 Å². The number of anilines is 2. The molecule has 5 rings (SSSR count). The van der Waals surface area contributed by atoms with Crippen LogP contribution in [-0.4, -0.2) is 77.9 Å². The van der Waals surface area contributed by atoms with Crippen LogP contribution in [0.3, 0.4) is 0 Å². The number of fused-ring (bicyclic) bond motifs is 1. The van der Waals surface area contributed by atoms with E-state index in [9.17, 15) is 9.90 Å². The highest BCUT2D eigenvalue weighted by molar-refractivity contribution is 9.10. The number of aromatic nitrogens is 3. The van der Waals surface area contributed by atoms with Gasteiger partial charge in [-0.15, -0.1) is 0 Å². The first-order valence-electron chi connectivity index (χ1n) is 12.8. The van der Waals surface area contributed by atoms with Gasteiger partial charge in [-0.05, 0) is 48.4 Å². The van der Waals surface area contributed by atoms with Crippen molar-refractivity contribution in [2.24, 2.45) is 0 Å². The fourth-order valence-electron chi connectivity index (χ4n) is 4.92. The summed E-state index contributed by atoms with van der Waals surface area (Å²) in [4.78, 5) is 28.7. The van der Waals surface area contributed by atoms with E-state index in [1.807, 2.05) is 31.2 Å². The van der Waals surface area contributed by atoms with Gasteiger partial charge < -0.3 is 30.0 Å². The van der Waals surface area contributed by atoms with Crippen molar-refractivity contribution in [1.29, 1.82) is 0 Å². The normalized spacial score (nSPS) is 15.2. The highest BCUT2D eigenvalue weighted by atomic mass is 79.9. The maximum Gasteiger partial charge on any atom is 0.261 e. The van der Waals surface area contributed by atoms with Crippen molar-refractivity contribution in [2.45, 2.75) is 13.0 Å². The number of aliphatic hydroxyl groups excluding tert-OH is 1. The molecule has 4 N–H and O–H groups in total. The summed E-state index contributed by atoms with van der Waals surface area (Å²) in [7, 11) is 1.74. The van der Waals surface area contributed by atoms with Gasteiger partial charge in [0.2, 0.25) is 0 Å². The van der Waals surface area contributed by atoms with Gasteiger partial charge in [-0.3, -0.25) is 9.69 Å². The van der Waals surface area contributed by atoms with E-state index in [1.54, 1.807) is 19.4 Å². The van der Waals surface area contributed by atoms with Crippen LogP contribution >= 0.6 is 15.9 Å². The molecule has 1 atom stereocenters. The van der Waals surface area contributed by atoms with Crippen LogP contribution in [0.1, 0.15) is 17.2 Å². The molecule has 0 amide bonds. The molecule has 0 spiro atoms. The third-order valence-corrected chi connectivity index (χ3v) is 7.52. The van der Waals surface area contributed by atoms with E-state index in [0.29, 0.717) is 17.1 Å². The van der Waals surface area contributed by atoms with Crippen LogP contribution in [0, 0.1) is 6.92 Å². The monoisotopic (exact) mass is 580 g/mol. The van der Waals surface area contributed by atoms with Crippen molar-refractivity contribution >= 4 is 38.3 Å². The van der Waals surface area contributed by atoms with Gasteiger partial charge in [-0.1, -0.05) is 28.1 Å². The summed E-state index contributed by atoms with van der Waals surface area (Å²) in [6, 6.07) is 13.6. The average molecular weight is 582 g/mol. The Hall–Kier alpha value is -3.18. The second-order valence-corrected chi connectivity index (χ2v) is 10.5. The van der Waals surface area contributed by atoms with Crippen LogP contribution in [0.5, 0.6) is 0 Å². The highest BCUT2D eigenvalue weighted by Gasteiger charge is 2.20. The Labute approximate surface area is 230 Å². The van der Waals surface area contributed by atoms with Crippen LogP contribution in [0.15, 0.2) is 57.9 Å². The van der Waals surface area contributed by atoms with Gasteiger partial charge in [0.15, 0.2) is 0 Å². The number of hydrogen-bond acceptors (Lipinski definition) is 7. The summed E-state index contributed by atoms with van der Waals surface area (Å²) in [6.07, 6.45) is 0.855. The highest BCUT2D eigenvalue weighted by Crippen LogP contribution is 2.30. The number of benzene rings is 2. The third kappa shape index (κ3) is 5.78. The van der Waals surface area contributed by atoms with Gasteiger partial charge in [0, 0.05) is 62.7 Å². The second kappa shape index (κ2) is 11.7. The van der Waals surface area contributed by atoms with Gasteiger partial charge >= 0.3 is 0 Å². The number of aromatic amines is 2. The van der Waals surface area contributed by atoms with Gasteiger partial charge in [-0.2, -0.15) is 0 Å². The first kappa shape index (κ1) is 26.4. The number of ether oxygens (including phenoxy) is 1. The summed E-state index contributed by atoms with van der Waals surface area (Å²) in [5.74, 6) is 0.492. The average Bonchev–Trinajstić information content (AvgIpc) is 3.35. The maximum absolute atomic E-state index is 12.9. The molecule has 9 nitrogen and oxygen atoms in total. The largest absolute Gasteiger partial charge is 0.387 e. The lowest BCUT2D eigenvalue weighted by Crippen LogP contribution is -2.47. The minimum Gasteiger partial charge on any atom is -0.387 e. The molecule has 0 bridgehead atoms. The number of imidazole rings is 1. The molecule has 200 valence electrons. The van der Waals surface area contributed by atoms with E-state index in [4.69, 9.17) is 9.72 Å². The van der Waals surface area contributed by atoms with Crippen molar-refractivity contribution in [2.75, 3.05) is 63.2 Å². The predicted molar refractivity (Wildman–Crippen MR) is 155 cm³/mol. The number of aliphatic hydroxyl groups is 1. The second-order valence-electron chi connectivity index (χ2n) is 9.61. The lowest BCUT2D eigenvalue weighted by atomic mass is 10.1. The molecule has 1 saturated heterocycles. The summed E-state index contributed by atoms with van der Waals surface area (Å²) in [5.41, 5.74) is 5.47. The number of H-pyrrole nitrogens is 2. The number of hydrogen-bond donors (Lipinski definition) is 4. The Morgan fingerprint density at radius 1 is 1.18 bits per heavy atom. The molecule has 1 aliphatic heterocycles. The molecule has 4 aromatic rings. The van der Waals surface area contributed by atoms with Crippen LogP contribution < -0.4 is 15.8 Å². The van der Waals surface area contributed by atoms with Crippen molar-refractivity contribution in [3.8, 4) is 11.4 Å². The van der Waals surface area contributed by atoms with Crippen LogP contribution in [-0.2, 0) is 4.74 Å².